The van der Waals surface area contributed by atoms with Crippen LogP contribution in [0.1, 0.15) is 0 Å². The zero-order chi connectivity index (χ0) is 12.7. The van der Waals surface area contributed by atoms with E-state index in [0.717, 1.165) is 5.52 Å². The fourth-order valence-corrected chi connectivity index (χ4v) is 3.50. The van der Waals surface area contributed by atoms with Gasteiger partial charge in [-0.05, 0) is 34.5 Å². The molecule has 2 heteroatoms. The lowest BCUT2D eigenvalue weighted by atomic mass is 10.0. The summed E-state index contributed by atoms with van der Waals surface area (Å²) in [5.74, 6) is 0. The van der Waals surface area contributed by atoms with Crippen LogP contribution < -0.4 is 0 Å². The summed E-state index contributed by atoms with van der Waals surface area (Å²) in [5, 5.41) is 2.59. The second-order valence-electron chi connectivity index (χ2n) is 4.52. The zero-order valence-electron chi connectivity index (χ0n) is 10.2. The number of thiophene rings is 1. The minimum Gasteiger partial charge on any atom is -0.255 e. The molecular formula is C17H11NS. The van der Waals surface area contributed by atoms with Crippen LogP contribution in [-0.2, 0) is 0 Å². The van der Waals surface area contributed by atoms with Gasteiger partial charge in [-0.1, -0.05) is 42.5 Å². The third-order valence-electron chi connectivity index (χ3n) is 3.34. The van der Waals surface area contributed by atoms with Gasteiger partial charge in [-0.15, -0.1) is 11.3 Å². The van der Waals surface area contributed by atoms with E-state index in [4.69, 9.17) is 0 Å². The van der Waals surface area contributed by atoms with E-state index in [2.05, 4.69) is 59.6 Å². The maximum Gasteiger partial charge on any atom is 0.0816 e. The van der Waals surface area contributed by atoms with E-state index in [1.807, 2.05) is 12.3 Å². The van der Waals surface area contributed by atoms with Gasteiger partial charge in [0.15, 0.2) is 0 Å². The van der Waals surface area contributed by atoms with Crippen molar-refractivity contribution in [2.24, 2.45) is 0 Å². The number of hydrogen-bond donors (Lipinski definition) is 0. The molecule has 0 unspecified atom stereocenters. The molecule has 0 aliphatic rings. The monoisotopic (exact) mass is 261 g/mol. The van der Waals surface area contributed by atoms with Gasteiger partial charge in [0, 0.05) is 11.1 Å². The van der Waals surface area contributed by atoms with Gasteiger partial charge in [0.25, 0.3) is 0 Å². The summed E-state index contributed by atoms with van der Waals surface area (Å²) < 4.78 is 1.24. The largest absolute Gasteiger partial charge is 0.255 e. The summed E-state index contributed by atoms with van der Waals surface area (Å²) >= 11 is 1.80. The first-order valence-electron chi connectivity index (χ1n) is 6.24. The van der Waals surface area contributed by atoms with Crippen molar-refractivity contribution in [1.82, 2.24) is 4.98 Å². The van der Waals surface area contributed by atoms with Crippen LogP contribution in [0.25, 0.3) is 31.4 Å². The standard InChI is InChI=1S/C17H11NS/c1-2-7-13-12(5-1)6-3-8-14(13)17-11-15-16(19-17)9-4-10-18-15/h1-11H. The highest BCUT2D eigenvalue weighted by molar-refractivity contribution is 7.22. The third kappa shape index (κ3) is 1.72. The molecule has 0 saturated heterocycles. The zero-order valence-corrected chi connectivity index (χ0v) is 11.0. The normalized spacial score (nSPS) is 11.2. The highest BCUT2D eigenvalue weighted by atomic mass is 32.1. The maximum atomic E-state index is 4.42. The van der Waals surface area contributed by atoms with Crippen molar-refractivity contribution in [1.29, 1.82) is 0 Å². The summed E-state index contributed by atoms with van der Waals surface area (Å²) in [7, 11) is 0. The Morgan fingerprint density at radius 2 is 1.74 bits per heavy atom. The number of aromatic nitrogens is 1. The quantitative estimate of drug-likeness (QED) is 0.463. The Kier molecular flexibility index (Phi) is 2.35. The molecule has 0 fully saturated rings. The molecule has 1 nitrogen and oxygen atoms in total. The Bertz CT molecular complexity index is 838. The molecule has 0 atom stereocenters. The van der Waals surface area contributed by atoms with Gasteiger partial charge < -0.3 is 0 Å². The Morgan fingerprint density at radius 3 is 2.68 bits per heavy atom. The summed E-state index contributed by atoms with van der Waals surface area (Å²) in [4.78, 5) is 5.70. The van der Waals surface area contributed by atoms with Gasteiger partial charge in [0.05, 0.1) is 10.2 Å². The lowest BCUT2D eigenvalue weighted by Crippen LogP contribution is -1.77. The molecular weight excluding hydrogens is 250 g/mol. The summed E-state index contributed by atoms with van der Waals surface area (Å²) in [6.07, 6.45) is 1.85. The van der Waals surface area contributed by atoms with Crippen molar-refractivity contribution in [3.05, 3.63) is 66.9 Å². The van der Waals surface area contributed by atoms with Gasteiger partial charge in [-0.3, -0.25) is 4.98 Å². The molecule has 0 spiro atoms. The van der Waals surface area contributed by atoms with Crippen LogP contribution >= 0.6 is 11.3 Å². The second-order valence-corrected chi connectivity index (χ2v) is 5.61. The predicted octanol–water partition coefficient (Wildman–Crippen LogP) is 5.12. The first-order valence-corrected chi connectivity index (χ1v) is 7.06. The number of fused-ring (bicyclic) bond motifs is 2. The first kappa shape index (κ1) is 10.7. The molecule has 2 aromatic heterocycles. The molecule has 90 valence electrons. The van der Waals surface area contributed by atoms with Crippen molar-refractivity contribution in [3.8, 4) is 10.4 Å². The highest BCUT2D eigenvalue weighted by Crippen LogP contribution is 2.36. The number of pyridine rings is 1. The minimum absolute atomic E-state index is 1.08. The molecule has 0 aliphatic carbocycles. The molecule has 4 aromatic rings. The Hall–Kier alpha value is -2.19. The molecule has 4 rings (SSSR count). The summed E-state index contributed by atoms with van der Waals surface area (Å²) in [6.45, 7) is 0. The smallest absolute Gasteiger partial charge is 0.0816 e. The average Bonchev–Trinajstić information content (AvgIpc) is 2.90. The SMILES string of the molecule is c1ccc2c(-c3cc4ncccc4s3)cccc2c1. The molecule has 0 radical (unpaired) electrons. The van der Waals surface area contributed by atoms with E-state index >= 15 is 0 Å². The summed E-state index contributed by atoms with van der Waals surface area (Å²) in [6, 6.07) is 21.3. The van der Waals surface area contributed by atoms with Gasteiger partial charge in [0.1, 0.15) is 0 Å². The van der Waals surface area contributed by atoms with Crippen LogP contribution in [0, 0.1) is 0 Å². The van der Waals surface area contributed by atoms with Crippen molar-refractivity contribution >= 4 is 32.3 Å². The molecule has 19 heavy (non-hydrogen) atoms. The van der Waals surface area contributed by atoms with Crippen molar-refractivity contribution in [2.45, 2.75) is 0 Å². The van der Waals surface area contributed by atoms with Gasteiger partial charge in [0.2, 0.25) is 0 Å². The molecule has 2 heterocycles. The number of benzene rings is 2. The van der Waals surface area contributed by atoms with Gasteiger partial charge in [-0.2, -0.15) is 0 Å². The van der Waals surface area contributed by atoms with Crippen molar-refractivity contribution in [2.75, 3.05) is 0 Å². The van der Waals surface area contributed by atoms with E-state index < -0.39 is 0 Å². The topological polar surface area (TPSA) is 12.9 Å². The highest BCUT2D eigenvalue weighted by Gasteiger charge is 2.07. The second kappa shape index (κ2) is 4.18. The Labute approximate surface area is 115 Å². The van der Waals surface area contributed by atoms with Gasteiger partial charge in [-0.25, -0.2) is 0 Å². The predicted molar refractivity (Wildman–Crippen MR) is 82.6 cm³/mol. The van der Waals surface area contributed by atoms with Crippen molar-refractivity contribution < 1.29 is 0 Å². The minimum atomic E-state index is 1.08. The van der Waals surface area contributed by atoms with E-state index in [9.17, 15) is 0 Å². The van der Waals surface area contributed by atoms with E-state index in [1.165, 1.54) is 25.9 Å². The Balaban J connectivity index is 2.03. The van der Waals surface area contributed by atoms with E-state index in [-0.39, 0.29) is 0 Å². The number of hydrogen-bond acceptors (Lipinski definition) is 2. The van der Waals surface area contributed by atoms with Crippen LogP contribution in [0.4, 0.5) is 0 Å². The lowest BCUT2D eigenvalue weighted by Gasteiger charge is -2.03. The van der Waals surface area contributed by atoms with Crippen LogP contribution in [0.2, 0.25) is 0 Å². The Morgan fingerprint density at radius 1 is 0.842 bits per heavy atom. The van der Waals surface area contributed by atoms with Gasteiger partial charge >= 0.3 is 0 Å². The molecule has 0 bridgehead atoms. The number of rotatable bonds is 1. The molecule has 0 amide bonds. The first-order chi connectivity index (χ1) is 9.42. The summed E-state index contributed by atoms with van der Waals surface area (Å²) in [5.41, 5.74) is 2.37. The molecule has 0 saturated carbocycles. The maximum absolute atomic E-state index is 4.42. The van der Waals surface area contributed by atoms with Crippen LogP contribution in [0.5, 0.6) is 0 Å². The third-order valence-corrected chi connectivity index (χ3v) is 4.47. The fraction of sp³-hybridized carbons (Fsp3) is 0. The van der Waals surface area contributed by atoms with Crippen LogP contribution in [0.15, 0.2) is 66.9 Å². The van der Waals surface area contributed by atoms with Crippen molar-refractivity contribution in [3.63, 3.8) is 0 Å². The van der Waals surface area contributed by atoms with E-state index in [1.54, 1.807) is 11.3 Å². The van der Waals surface area contributed by atoms with Crippen LogP contribution in [0.3, 0.4) is 0 Å². The molecule has 2 aromatic carbocycles. The number of nitrogens with zero attached hydrogens (tertiary/aromatic N) is 1. The molecule has 0 aliphatic heterocycles. The van der Waals surface area contributed by atoms with E-state index in [0.29, 0.717) is 0 Å². The fourth-order valence-electron chi connectivity index (χ4n) is 2.44. The average molecular weight is 261 g/mol. The molecule has 0 N–H and O–H groups in total. The lowest BCUT2D eigenvalue weighted by molar-refractivity contribution is 1.43. The van der Waals surface area contributed by atoms with Crippen LogP contribution in [-0.4, -0.2) is 4.98 Å².